The molecule has 136 valence electrons. The molecule has 3 rings (SSSR count). The predicted octanol–water partition coefficient (Wildman–Crippen LogP) is -0.152. The third-order valence-corrected chi connectivity index (χ3v) is 3.99. The molecule has 2 fully saturated rings. The number of rotatable bonds is 6. The molecule has 2 N–H and O–H groups in total. The molecule has 10 heteroatoms. The largest absolute Gasteiger partial charge is 0.448 e. The normalized spacial score (nSPS) is 19.4. The zero-order valence-electron chi connectivity index (χ0n) is 14.2. The van der Waals surface area contributed by atoms with Gasteiger partial charge < -0.3 is 14.8 Å². The van der Waals surface area contributed by atoms with E-state index >= 15 is 0 Å². The highest BCUT2D eigenvalue weighted by Crippen LogP contribution is 2.28. The van der Waals surface area contributed by atoms with Crippen LogP contribution in [0.4, 0.5) is 4.79 Å². The molecule has 2 heterocycles. The minimum Gasteiger partial charge on any atom is -0.448 e. The Labute approximate surface area is 144 Å². The molecular formula is C15H21N5O5. The third-order valence-electron chi connectivity index (χ3n) is 3.99. The first-order chi connectivity index (χ1) is 11.8. The van der Waals surface area contributed by atoms with Gasteiger partial charge in [-0.1, -0.05) is 12.1 Å². The van der Waals surface area contributed by atoms with E-state index in [1.807, 2.05) is 0 Å². The van der Waals surface area contributed by atoms with Gasteiger partial charge in [-0.3, -0.25) is 14.8 Å². The Bertz CT molecular complexity index is 680. The summed E-state index contributed by atoms with van der Waals surface area (Å²) in [6.45, 7) is 5.27. The molecule has 1 aliphatic carbocycles. The first kappa shape index (κ1) is 17.3. The number of hydrogen-bond donors (Lipinski definition) is 2. The number of carbonyl (C=O) groups excluding carboxylic acids is 3. The molecule has 1 saturated carbocycles. The van der Waals surface area contributed by atoms with Crippen molar-refractivity contribution in [3.8, 4) is 0 Å². The monoisotopic (exact) mass is 351 g/mol. The van der Waals surface area contributed by atoms with Crippen molar-refractivity contribution in [3.63, 3.8) is 0 Å². The molecule has 0 bridgehead atoms. The Morgan fingerprint density at radius 2 is 2.16 bits per heavy atom. The number of imide groups is 1. The fourth-order valence-corrected chi connectivity index (χ4v) is 2.34. The van der Waals surface area contributed by atoms with E-state index in [0.717, 1.165) is 12.8 Å². The second-order valence-corrected chi connectivity index (χ2v) is 6.89. The number of carbonyl (C=O) groups is 3. The lowest BCUT2D eigenvalue weighted by atomic mass is 9.89. The van der Waals surface area contributed by atoms with Crippen LogP contribution in [0.15, 0.2) is 6.20 Å². The lowest BCUT2D eigenvalue weighted by molar-refractivity contribution is -0.127. The molecule has 0 spiro atoms. The highest BCUT2D eigenvalue weighted by Gasteiger charge is 2.34. The number of amides is 3. The first-order valence-electron chi connectivity index (χ1n) is 8.15. The van der Waals surface area contributed by atoms with Gasteiger partial charge in [0.25, 0.3) is 5.91 Å². The van der Waals surface area contributed by atoms with Crippen LogP contribution in [0.3, 0.4) is 0 Å². The Balaban J connectivity index is 1.48. The molecule has 1 aromatic rings. The minimum atomic E-state index is -1.12. The van der Waals surface area contributed by atoms with E-state index < -0.39 is 24.0 Å². The van der Waals surface area contributed by atoms with Crippen LogP contribution in [-0.2, 0) is 20.8 Å². The summed E-state index contributed by atoms with van der Waals surface area (Å²) in [7, 11) is 0. The standard InChI is InChI=1S/C15H21N5O5/c1-9(12(21)17-14(23)16-10-3-4-10)25-13(22)11-5-20(19-18-11)6-15(2)7-24-8-15/h5,9-10H,3-4,6-8H2,1-2H3,(H2,16,17,21,23). The fraction of sp³-hybridized carbons (Fsp3) is 0.667. The maximum absolute atomic E-state index is 12.1. The van der Waals surface area contributed by atoms with Gasteiger partial charge in [-0.2, -0.15) is 0 Å². The van der Waals surface area contributed by atoms with Crippen LogP contribution in [0.5, 0.6) is 0 Å². The van der Waals surface area contributed by atoms with Gasteiger partial charge in [0.15, 0.2) is 11.8 Å². The highest BCUT2D eigenvalue weighted by atomic mass is 16.5. The number of ether oxygens (including phenoxy) is 2. The lowest BCUT2D eigenvalue weighted by Crippen LogP contribution is -2.45. The molecule has 1 saturated heterocycles. The van der Waals surface area contributed by atoms with E-state index in [4.69, 9.17) is 9.47 Å². The van der Waals surface area contributed by atoms with Crippen molar-refractivity contribution < 1.29 is 23.9 Å². The van der Waals surface area contributed by atoms with Crippen molar-refractivity contribution >= 4 is 17.9 Å². The number of esters is 1. The molecule has 3 amide bonds. The molecule has 2 aliphatic rings. The van der Waals surface area contributed by atoms with Crippen LogP contribution >= 0.6 is 0 Å². The van der Waals surface area contributed by atoms with E-state index in [9.17, 15) is 14.4 Å². The van der Waals surface area contributed by atoms with E-state index in [2.05, 4.69) is 27.9 Å². The Hall–Kier alpha value is -2.49. The van der Waals surface area contributed by atoms with Gasteiger partial charge >= 0.3 is 12.0 Å². The quantitative estimate of drug-likeness (QED) is 0.683. The van der Waals surface area contributed by atoms with Gasteiger partial charge in [0.2, 0.25) is 0 Å². The zero-order valence-corrected chi connectivity index (χ0v) is 14.2. The summed E-state index contributed by atoms with van der Waals surface area (Å²) in [4.78, 5) is 35.4. The van der Waals surface area contributed by atoms with E-state index in [1.54, 1.807) is 4.68 Å². The first-order valence-corrected chi connectivity index (χ1v) is 8.15. The van der Waals surface area contributed by atoms with Gasteiger partial charge in [-0.15, -0.1) is 5.10 Å². The Kier molecular flexibility index (Phi) is 4.71. The summed E-state index contributed by atoms with van der Waals surface area (Å²) in [6, 6.07) is -0.457. The molecule has 1 unspecified atom stereocenters. The maximum atomic E-state index is 12.1. The van der Waals surface area contributed by atoms with E-state index in [-0.39, 0.29) is 17.2 Å². The molecular weight excluding hydrogens is 330 g/mol. The van der Waals surface area contributed by atoms with E-state index in [1.165, 1.54) is 13.1 Å². The molecule has 0 radical (unpaired) electrons. The third kappa shape index (κ3) is 4.53. The number of urea groups is 1. The number of hydrogen-bond acceptors (Lipinski definition) is 7. The molecule has 1 aliphatic heterocycles. The topological polar surface area (TPSA) is 124 Å². The molecule has 10 nitrogen and oxygen atoms in total. The minimum absolute atomic E-state index is 0.00548. The number of nitrogens with zero attached hydrogens (tertiary/aromatic N) is 3. The van der Waals surface area contributed by atoms with Crippen LogP contribution in [0.1, 0.15) is 37.2 Å². The van der Waals surface area contributed by atoms with Gasteiger partial charge in [-0.25, -0.2) is 9.59 Å². The molecule has 1 atom stereocenters. The molecule has 1 aromatic heterocycles. The van der Waals surface area contributed by atoms with Gasteiger partial charge in [0.05, 0.1) is 26.0 Å². The van der Waals surface area contributed by atoms with Gasteiger partial charge in [-0.05, 0) is 19.8 Å². The van der Waals surface area contributed by atoms with Crippen molar-refractivity contribution in [1.82, 2.24) is 25.6 Å². The summed E-state index contributed by atoms with van der Waals surface area (Å²) in [5.41, 5.74) is -0.0114. The second-order valence-electron chi connectivity index (χ2n) is 6.89. The summed E-state index contributed by atoms with van der Waals surface area (Å²) < 4.78 is 11.8. The van der Waals surface area contributed by atoms with Crippen LogP contribution in [0.25, 0.3) is 0 Å². The lowest BCUT2D eigenvalue weighted by Gasteiger charge is -2.37. The van der Waals surface area contributed by atoms with Gasteiger partial charge in [0.1, 0.15) is 0 Å². The van der Waals surface area contributed by atoms with Crippen molar-refractivity contribution in [1.29, 1.82) is 0 Å². The predicted molar refractivity (Wildman–Crippen MR) is 83.5 cm³/mol. The van der Waals surface area contributed by atoms with Crippen LogP contribution in [0.2, 0.25) is 0 Å². The average Bonchev–Trinajstić information content (AvgIpc) is 3.20. The maximum Gasteiger partial charge on any atom is 0.361 e. The zero-order chi connectivity index (χ0) is 18.0. The second kappa shape index (κ2) is 6.79. The van der Waals surface area contributed by atoms with Gasteiger partial charge in [0, 0.05) is 11.5 Å². The fourth-order valence-electron chi connectivity index (χ4n) is 2.34. The van der Waals surface area contributed by atoms with Crippen LogP contribution < -0.4 is 10.6 Å². The van der Waals surface area contributed by atoms with Crippen molar-refractivity contribution in [2.45, 2.75) is 45.4 Å². The average molecular weight is 351 g/mol. The number of aromatic nitrogens is 3. The van der Waals surface area contributed by atoms with Crippen molar-refractivity contribution in [2.24, 2.45) is 5.41 Å². The Morgan fingerprint density at radius 1 is 1.44 bits per heavy atom. The molecule has 0 aromatic carbocycles. The Morgan fingerprint density at radius 3 is 2.76 bits per heavy atom. The highest BCUT2D eigenvalue weighted by molar-refractivity contribution is 5.98. The summed E-state index contributed by atoms with van der Waals surface area (Å²) in [5, 5.41) is 12.4. The summed E-state index contributed by atoms with van der Waals surface area (Å²) in [5.74, 6) is -1.47. The SMILES string of the molecule is CC(OC(=O)c1cn(CC2(C)COC2)nn1)C(=O)NC(=O)NC1CC1. The van der Waals surface area contributed by atoms with Crippen LogP contribution in [-0.4, -0.2) is 58.3 Å². The summed E-state index contributed by atoms with van der Waals surface area (Å²) >= 11 is 0. The smallest absolute Gasteiger partial charge is 0.361 e. The van der Waals surface area contributed by atoms with E-state index in [0.29, 0.717) is 19.8 Å². The summed E-state index contributed by atoms with van der Waals surface area (Å²) in [6.07, 6.45) is 2.16. The van der Waals surface area contributed by atoms with Crippen molar-refractivity contribution in [3.05, 3.63) is 11.9 Å². The number of nitrogens with one attached hydrogen (secondary N) is 2. The van der Waals surface area contributed by atoms with Crippen LogP contribution in [0, 0.1) is 5.41 Å². The molecule has 25 heavy (non-hydrogen) atoms. The van der Waals surface area contributed by atoms with Crippen molar-refractivity contribution in [2.75, 3.05) is 13.2 Å².